The van der Waals surface area contributed by atoms with Crippen LogP contribution in [-0.2, 0) is 11.2 Å². The Bertz CT molecular complexity index is 362. The van der Waals surface area contributed by atoms with Crippen molar-refractivity contribution in [2.24, 2.45) is 5.84 Å². The number of rotatable bonds is 4. The molecule has 0 amide bonds. The molecule has 1 saturated heterocycles. The summed E-state index contributed by atoms with van der Waals surface area (Å²) in [6, 6.07) is 2.12. The van der Waals surface area contributed by atoms with E-state index in [9.17, 15) is 0 Å². The van der Waals surface area contributed by atoms with E-state index in [2.05, 4.69) is 27.6 Å². The second kappa shape index (κ2) is 5.29. The Morgan fingerprint density at radius 2 is 2.24 bits per heavy atom. The molecular formula is C11H19N5O. The Labute approximate surface area is 101 Å². The number of nitrogens with zero attached hydrogens (tertiary/aromatic N) is 2. The molecule has 94 valence electrons. The van der Waals surface area contributed by atoms with E-state index < -0.39 is 0 Å². The monoisotopic (exact) mass is 237 g/mol. The Kier molecular flexibility index (Phi) is 3.75. The zero-order valence-corrected chi connectivity index (χ0v) is 10.2. The minimum Gasteiger partial charge on any atom is -0.376 e. The minimum absolute atomic E-state index is 0.212. The van der Waals surface area contributed by atoms with Gasteiger partial charge in [-0.25, -0.2) is 15.8 Å². The lowest BCUT2D eigenvalue weighted by atomic mass is 10.1. The third-order valence-corrected chi connectivity index (χ3v) is 2.95. The van der Waals surface area contributed by atoms with Gasteiger partial charge in [-0.05, 0) is 13.3 Å². The van der Waals surface area contributed by atoms with Crippen LogP contribution in [0.15, 0.2) is 6.07 Å². The van der Waals surface area contributed by atoms with Gasteiger partial charge in [0.05, 0.1) is 12.1 Å². The molecule has 6 nitrogen and oxygen atoms in total. The van der Waals surface area contributed by atoms with Gasteiger partial charge in [-0.1, -0.05) is 6.92 Å². The first-order valence-corrected chi connectivity index (χ1v) is 5.95. The summed E-state index contributed by atoms with van der Waals surface area (Å²) in [6.07, 6.45) is 1.99. The lowest BCUT2D eigenvalue weighted by Crippen LogP contribution is -2.27. The topological polar surface area (TPSA) is 85.1 Å². The molecule has 4 N–H and O–H groups in total. The lowest BCUT2D eigenvalue weighted by Gasteiger charge is -2.17. The van der Waals surface area contributed by atoms with E-state index in [1.54, 1.807) is 0 Å². The van der Waals surface area contributed by atoms with Crippen molar-refractivity contribution in [1.82, 2.24) is 9.97 Å². The van der Waals surface area contributed by atoms with Crippen LogP contribution in [0.25, 0.3) is 0 Å². The van der Waals surface area contributed by atoms with Gasteiger partial charge >= 0.3 is 0 Å². The molecule has 1 aliphatic heterocycles. The molecule has 6 heteroatoms. The molecule has 0 aliphatic carbocycles. The number of ether oxygens (including phenoxy) is 1. The Balaban J connectivity index is 2.14. The summed E-state index contributed by atoms with van der Waals surface area (Å²) in [7, 11) is 0. The summed E-state index contributed by atoms with van der Waals surface area (Å²) in [5.41, 5.74) is 2.56. The standard InChI is InChI=1S/C11H19N5O/c1-3-9-14-10(6-11(15-9)16-12)13-8-4-5-17-7(8)2/h6-8H,3-5,12H2,1-2H3,(H2,13,14,15,16). The number of nitrogens with two attached hydrogens (primary N) is 1. The molecule has 17 heavy (non-hydrogen) atoms. The van der Waals surface area contributed by atoms with Crippen LogP contribution in [-0.4, -0.2) is 28.7 Å². The smallest absolute Gasteiger partial charge is 0.145 e. The number of aryl methyl sites for hydroxylation is 1. The molecule has 2 atom stereocenters. The molecule has 0 saturated carbocycles. The van der Waals surface area contributed by atoms with E-state index in [1.165, 1.54) is 0 Å². The molecule has 2 heterocycles. The van der Waals surface area contributed by atoms with Gasteiger partial charge in [0.15, 0.2) is 0 Å². The van der Waals surface area contributed by atoms with Gasteiger partial charge in [0.1, 0.15) is 17.5 Å². The third kappa shape index (κ3) is 2.83. The summed E-state index contributed by atoms with van der Waals surface area (Å²) in [6.45, 7) is 4.88. The van der Waals surface area contributed by atoms with Crippen molar-refractivity contribution >= 4 is 11.6 Å². The van der Waals surface area contributed by atoms with Crippen molar-refractivity contribution in [2.45, 2.75) is 38.8 Å². The number of hydrogen-bond donors (Lipinski definition) is 3. The maximum absolute atomic E-state index is 5.50. The van der Waals surface area contributed by atoms with Gasteiger partial charge in [0.2, 0.25) is 0 Å². The first-order valence-electron chi connectivity index (χ1n) is 5.95. The Morgan fingerprint density at radius 1 is 1.47 bits per heavy atom. The zero-order chi connectivity index (χ0) is 12.3. The molecule has 0 spiro atoms. The molecule has 1 fully saturated rings. The molecule has 1 aromatic rings. The highest BCUT2D eigenvalue weighted by atomic mass is 16.5. The fourth-order valence-electron chi connectivity index (χ4n) is 1.91. The number of nitrogen functional groups attached to an aromatic ring is 1. The number of hydrogen-bond acceptors (Lipinski definition) is 6. The second-order valence-electron chi connectivity index (χ2n) is 4.17. The van der Waals surface area contributed by atoms with Gasteiger partial charge in [-0.2, -0.15) is 0 Å². The van der Waals surface area contributed by atoms with Crippen LogP contribution < -0.4 is 16.6 Å². The fourth-order valence-corrected chi connectivity index (χ4v) is 1.91. The summed E-state index contributed by atoms with van der Waals surface area (Å²) in [5.74, 6) is 7.59. The van der Waals surface area contributed by atoms with Crippen LogP contribution in [0.5, 0.6) is 0 Å². The summed E-state index contributed by atoms with van der Waals surface area (Å²) in [4.78, 5) is 8.67. The first kappa shape index (κ1) is 12.1. The van der Waals surface area contributed by atoms with E-state index in [1.807, 2.05) is 13.0 Å². The van der Waals surface area contributed by atoms with Crippen molar-refractivity contribution < 1.29 is 4.74 Å². The fraction of sp³-hybridized carbons (Fsp3) is 0.636. The highest BCUT2D eigenvalue weighted by Crippen LogP contribution is 2.19. The predicted molar refractivity (Wildman–Crippen MR) is 66.7 cm³/mol. The average Bonchev–Trinajstić information content (AvgIpc) is 2.74. The van der Waals surface area contributed by atoms with Gasteiger partial charge < -0.3 is 15.5 Å². The molecule has 2 rings (SSSR count). The minimum atomic E-state index is 0.212. The molecule has 0 radical (unpaired) electrons. The highest BCUT2D eigenvalue weighted by Gasteiger charge is 2.24. The molecule has 0 aromatic carbocycles. The summed E-state index contributed by atoms with van der Waals surface area (Å²) in [5, 5.41) is 3.37. The van der Waals surface area contributed by atoms with E-state index in [4.69, 9.17) is 10.6 Å². The van der Waals surface area contributed by atoms with Gasteiger partial charge in [0, 0.05) is 19.1 Å². The maximum atomic E-state index is 5.50. The maximum Gasteiger partial charge on any atom is 0.145 e. The zero-order valence-electron chi connectivity index (χ0n) is 10.2. The van der Waals surface area contributed by atoms with E-state index >= 15 is 0 Å². The van der Waals surface area contributed by atoms with Crippen LogP contribution in [0, 0.1) is 0 Å². The summed E-state index contributed by atoms with van der Waals surface area (Å²) < 4.78 is 5.50. The van der Waals surface area contributed by atoms with Crippen molar-refractivity contribution in [3.05, 3.63) is 11.9 Å². The van der Waals surface area contributed by atoms with Crippen LogP contribution in [0.1, 0.15) is 26.1 Å². The normalized spacial score (nSPS) is 23.7. The van der Waals surface area contributed by atoms with Crippen molar-refractivity contribution in [2.75, 3.05) is 17.3 Å². The van der Waals surface area contributed by atoms with Gasteiger partial charge in [-0.15, -0.1) is 0 Å². The van der Waals surface area contributed by atoms with Crippen LogP contribution in [0.2, 0.25) is 0 Å². The van der Waals surface area contributed by atoms with Gasteiger partial charge in [-0.3, -0.25) is 0 Å². The van der Waals surface area contributed by atoms with E-state index in [-0.39, 0.29) is 6.10 Å². The van der Waals surface area contributed by atoms with Crippen molar-refractivity contribution in [3.63, 3.8) is 0 Å². The molecule has 1 aliphatic rings. The third-order valence-electron chi connectivity index (χ3n) is 2.95. The van der Waals surface area contributed by atoms with Crippen LogP contribution >= 0.6 is 0 Å². The quantitative estimate of drug-likeness (QED) is 0.533. The Hall–Kier alpha value is -1.40. The van der Waals surface area contributed by atoms with Crippen molar-refractivity contribution in [3.8, 4) is 0 Å². The largest absolute Gasteiger partial charge is 0.376 e. The number of aromatic nitrogens is 2. The van der Waals surface area contributed by atoms with Crippen molar-refractivity contribution in [1.29, 1.82) is 0 Å². The van der Waals surface area contributed by atoms with Crippen LogP contribution in [0.4, 0.5) is 11.6 Å². The molecule has 0 bridgehead atoms. The second-order valence-corrected chi connectivity index (χ2v) is 4.17. The van der Waals surface area contributed by atoms with Gasteiger partial charge in [0.25, 0.3) is 0 Å². The van der Waals surface area contributed by atoms with Crippen LogP contribution in [0.3, 0.4) is 0 Å². The number of hydrazine groups is 1. The highest BCUT2D eigenvalue weighted by molar-refractivity contribution is 5.47. The number of anilines is 2. The SMILES string of the molecule is CCc1nc(NN)cc(NC2CCOC2C)n1. The predicted octanol–water partition coefficient (Wildman–Crippen LogP) is 0.914. The molecule has 2 unspecified atom stereocenters. The first-order chi connectivity index (χ1) is 8.22. The summed E-state index contributed by atoms with van der Waals surface area (Å²) >= 11 is 0. The Morgan fingerprint density at radius 3 is 2.82 bits per heavy atom. The molecular weight excluding hydrogens is 218 g/mol. The van der Waals surface area contributed by atoms with E-state index in [0.717, 1.165) is 31.1 Å². The number of nitrogens with one attached hydrogen (secondary N) is 2. The van der Waals surface area contributed by atoms with E-state index in [0.29, 0.717) is 11.9 Å². The lowest BCUT2D eigenvalue weighted by molar-refractivity contribution is 0.121. The molecule has 1 aromatic heterocycles. The average molecular weight is 237 g/mol.